The molecule has 1 N–H and O–H groups in total. The standard InChI is InChI=1S/C19H16N2O3/c22-19(20-15-8-9-16-17(12-15)24-13-23-16)18(21-10-4-5-11-21)14-6-2-1-3-7-14/h1-12,18H,13H2,(H,20,22)/t18-/m1/s1. The molecule has 1 aliphatic rings. The average Bonchev–Trinajstić information content (AvgIpc) is 3.27. The summed E-state index contributed by atoms with van der Waals surface area (Å²) in [4.78, 5) is 12.9. The number of fused-ring (bicyclic) bond motifs is 1. The Morgan fingerprint density at radius 1 is 0.958 bits per heavy atom. The largest absolute Gasteiger partial charge is 0.454 e. The van der Waals surface area contributed by atoms with Gasteiger partial charge in [-0.15, -0.1) is 0 Å². The molecule has 1 aromatic heterocycles. The van der Waals surface area contributed by atoms with E-state index >= 15 is 0 Å². The second kappa shape index (κ2) is 6.12. The van der Waals surface area contributed by atoms with E-state index in [0.717, 1.165) is 5.56 Å². The summed E-state index contributed by atoms with van der Waals surface area (Å²) in [5.74, 6) is 1.22. The molecule has 5 heteroatoms. The number of hydrogen-bond acceptors (Lipinski definition) is 3. The van der Waals surface area contributed by atoms with Gasteiger partial charge in [-0.05, 0) is 29.8 Å². The molecule has 0 aliphatic carbocycles. The maximum absolute atomic E-state index is 12.9. The molecule has 5 nitrogen and oxygen atoms in total. The van der Waals surface area contributed by atoms with Crippen LogP contribution < -0.4 is 14.8 Å². The number of ether oxygens (including phenoxy) is 2. The lowest BCUT2D eigenvalue weighted by Crippen LogP contribution is -2.26. The molecule has 2 heterocycles. The lowest BCUT2D eigenvalue weighted by Gasteiger charge is -2.19. The van der Waals surface area contributed by atoms with Gasteiger partial charge in [-0.2, -0.15) is 0 Å². The highest BCUT2D eigenvalue weighted by Crippen LogP contribution is 2.34. The highest BCUT2D eigenvalue weighted by molar-refractivity contribution is 5.96. The Hall–Kier alpha value is -3.21. The van der Waals surface area contributed by atoms with Crippen LogP contribution in [0.25, 0.3) is 0 Å². The third-order valence-corrected chi connectivity index (χ3v) is 3.93. The monoisotopic (exact) mass is 320 g/mol. The van der Waals surface area contributed by atoms with Crippen LogP contribution in [0.1, 0.15) is 11.6 Å². The van der Waals surface area contributed by atoms with Gasteiger partial charge in [0.05, 0.1) is 0 Å². The number of carbonyl (C=O) groups is 1. The predicted octanol–water partition coefficient (Wildman–Crippen LogP) is 3.44. The lowest BCUT2D eigenvalue weighted by atomic mass is 10.1. The van der Waals surface area contributed by atoms with Crippen molar-refractivity contribution in [3.8, 4) is 11.5 Å². The summed E-state index contributed by atoms with van der Waals surface area (Å²) in [5.41, 5.74) is 1.60. The fraction of sp³-hybridized carbons (Fsp3) is 0.105. The minimum atomic E-state index is -0.438. The Morgan fingerprint density at radius 3 is 2.50 bits per heavy atom. The number of aromatic nitrogens is 1. The maximum atomic E-state index is 12.9. The van der Waals surface area contributed by atoms with Crippen molar-refractivity contribution in [1.82, 2.24) is 4.57 Å². The van der Waals surface area contributed by atoms with Crippen LogP contribution in [0.15, 0.2) is 73.1 Å². The smallest absolute Gasteiger partial charge is 0.252 e. The van der Waals surface area contributed by atoms with Crippen LogP contribution in [0.4, 0.5) is 5.69 Å². The van der Waals surface area contributed by atoms with Gasteiger partial charge < -0.3 is 19.4 Å². The second-order valence-corrected chi connectivity index (χ2v) is 5.50. The van der Waals surface area contributed by atoms with Gasteiger partial charge >= 0.3 is 0 Å². The predicted molar refractivity (Wildman–Crippen MR) is 90.2 cm³/mol. The quantitative estimate of drug-likeness (QED) is 0.801. The Bertz CT molecular complexity index is 844. The summed E-state index contributed by atoms with van der Waals surface area (Å²) in [6, 6.07) is 18.4. The molecular formula is C19H16N2O3. The van der Waals surface area contributed by atoms with Crippen molar-refractivity contribution in [2.24, 2.45) is 0 Å². The molecule has 2 aromatic carbocycles. The number of nitrogens with one attached hydrogen (secondary N) is 1. The van der Waals surface area contributed by atoms with Gasteiger partial charge in [-0.1, -0.05) is 30.3 Å². The van der Waals surface area contributed by atoms with Crippen LogP contribution in [-0.2, 0) is 4.79 Å². The number of rotatable bonds is 4. The van der Waals surface area contributed by atoms with Crippen LogP contribution in [0.2, 0.25) is 0 Å². The maximum Gasteiger partial charge on any atom is 0.252 e. The van der Waals surface area contributed by atoms with Crippen molar-refractivity contribution >= 4 is 11.6 Å². The molecule has 0 fully saturated rings. The molecule has 0 spiro atoms. The fourth-order valence-corrected chi connectivity index (χ4v) is 2.80. The molecule has 1 amide bonds. The highest BCUT2D eigenvalue weighted by Gasteiger charge is 2.22. The van der Waals surface area contributed by atoms with Gasteiger partial charge in [0.1, 0.15) is 6.04 Å². The van der Waals surface area contributed by atoms with Crippen molar-refractivity contribution in [2.75, 3.05) is 12.1 Å². The van der Waals surface area contributed by atoms with E-state index in [1.165, 1.54) is 0 Å². The van der Waals surface area contributed by atoms with Gasteiger partial charge in [-0.25, -0.2) is 0 Å². The summed E-state index contributed by atoms with van der Waals surface area (Å²) >= 11 is 0. The molecule has 120 valence electrons. The van der Waals surface area contributed by atoms with Crippen molar-refractivity contribution < 1.29 is 14.3 Å². The number of benzene rings is 2. The second-order valence-electron chi connectivity index (χ2n) is 5.50. The molecule has 0 saturated carbocycles. The molecular weight excluding hydrogens is 304 g/mol. The Balaban J connectivity index is 1.62. The van der Waals surface area contributed by atoms with Gasteiger partial charge in [0, 0.05) is 24.1 Å². The molecule has 1 atom stereocenters. The van der Waals surface area contributed by atoms with E-state index in [0.29, 0.717) is 17.2 Å². The van der Waals surface area contributed by atoms with Crippen molar-refractivity contribution in [3.05, 3.63) is 78.6 Å². The first kappa shape index (κ1) is 14.4. The Morgan fingerprint density at radius 2 is 1.71 bits per heavy atom. The summed E-state index contributed by atoms with van der Waals surface area (Å²) in [7, 11) is 0. The van der Waals surface area contributed by atoms with E-state index in [2.05, 4.69) is 5.32 Å². The van der Waals surface area contributed by atoms with E-state index in [9.17, 15) is 4.79 Å². The number of hydrogen-bond donors (Lipinski definition) is 1. The average molecular weight is 320 g/mol. The highest BCUT2D eigenvalue weighted by atomic mass is 16.7. The van der Waals surface area contributed by atoms with Gasteiger partial charge in [0.25, 0.3) is 5.91 Å². The van der Waals surface area contributed by atoms with Crippen LogP contribution >= 0.6 is 0 Å². The molecule has 1 aliphatic heterocycles. The van der Waals surface area contributed by atoms with E-state index < -0.39 is 6.04 Å². The first-order chi connectivity index (χ1) is 11.8. The van der Waals surface area contributed by atoms with Crippen molar-refractivity contribution in [2.45, 2.75) is 6.04 Å². The number of amides is 1. The Kier molecular flexibility index (Phi) is 3.67. The summed E-state index contributed by atoms with van der Waals surface area (Å²) in [5, 5.41) is 2.96. The Labute approximate surface area is 139 Å². The molecule has 0 unspecified atom stereocenters. The molecule has 0 saturated heterocycles. The van der Waals surface area contributed by atoms with Crippen LogP contribution in [-0.4, -0.2) is 17.3 Å². The molecule has 0 radical (unpaired) electrons. The number of anilines is 1. The molecule has 3 aromatic rings. The van der Waals surface area contributed by atoms with Crippen LogP contribution in [0.3, 0.4) is 0 Å². The molecule has 4 rings (SSSR count). The zero-order chi connectivity index (χ0) is 16.4. The van der Waals surface area contributed by atoms with Crippen molar-refractivity contribution in [1.29, 1.82) is 0 Å². The van der Waals surface area contributed by atoms with Gasteiger partial charge in [0.2, 0.25) is 6.79 Å². The van der Waals surface area contributed by atoms with Gasteiger partial charge in [-0.3, -0.25) is 4.79 Å². The van der Waals surface area contributed by atoms with Crippen molar-refractivity contribution in [3.63, 3.8) is 0 Å². The number of carbonyl (C=O) groups excluding carboxylic acids is 1. The first-order valence-corrected chi connectivity index (χ1v) is 7.69. The number of nitrogens with zero attached hydrogens (tertiary/aromatic N) is 1. The topological polar surface area (TPSA) is 52.5 Å². The molecule has 0 bridgehead atoms. The third kappa shape index (κ3) is 2.72. The lowest BCUT2D eigenvalue weighted by molar-refractivity contribution is -0.118. The van der Waals surface area contributed by atoms with Crippen LogP contribution in [0.5, 0.6) is 11.5 Å². The first-order valence-electron chi connectivity index (χ1n) is 7.69. The van der Waals surface area contributed by atoms with E-state index in [1.807, 2.05) is 65.5 Å². The summed E-state index contributed by atoms with van der Waals surface area (Å²) in [6.07, 6.45) is 3.77. The summed E-state index contributed by atoms with van der Waals surface area (Å²) < 4.78 is 12.5. The van der Waals surface area contributed by atoms with E-state index in [1.54, 1.807) is 12.1 Å². The minimum absolute atomic E-state index is 0.115. The van der Waals surface area contributed by atoms with Crippen LogP contribution in [0, 0.1) is 0 Å². The normalized spacial score (nSPS) is 13.5. The van der Waals surface area contributed by atoms with Gasteiger partial charge in [0.15, 0.2) is 11.5 Å². The summed E-state index contributed by atoms with van der Waals surface area (Å²) in [6.45, 7) is 0.211. The zero-order valence-electron chi connectivity index (χ0n) is 12.9. The fourth-order valence-electron chi connectivity index (χ4n) is 2.80. The van der Waals surface area contributed by atoms with E-state index in [4.69, 9.17) is 9.47 Å². The minimum Gasteiger partial charge on any atom is -0.454 e. The molecule has 24 heavy (non-hydrogen) atoms. The SMILES string of the molecule is O=C(Nc1ccc2c(c1)OCO2)[C@@H](c1ccccc1)n1cccc1. The third-order valence-electron chi connectivity index (χ3n) is 3.93. The van der Waals surface area contributed by atoms with E-state index in [-0.39, 0.29) is 12.7 Å². The zero-order valence-corrected chi connectivity index (χ0v) is 12.9.